The fourth-order valence-electron chi connectivity index (χ4n) is 1.11. The lowest BCUT2D eigenvalue weighted by molar-refractivity contribution is -0.435. The molecule has 0 unspecified atom stereocenters. The van der Waals surface area contributed by atoms with Gasteiger partial charge in [0.15, 0.2) is 0 Å². The van der Waals surface area contributed by atoms with Gasteiger partial charge in [0.1, 0.15) is 0 Å². The number of carboxylic acids is 1. The quantitative estimate of drug-likeness (QED) is 0.643. The standard InChI is InChI=1S/C11H14O2.CH6N2/c1-11(2,3)9-6-4-8(5-7-9)10(12)13;1-3-2/h4-7H,1-3H3,(H,12,13);3H,2H2,1H3. The van der Waals surface area contributed by atoms with E-state index in [4.69, 9.17) is 0 Å². The summed E-state index contributed by atoms with van der Waals surface area (Å²) in [6, 6.07) is 6.81. The van der Waals surface area contributed by atoms with E-state index in [9.17, 15) is 9.90 Å². The third-order valence-corrected chi connectivity index (χ3v) is 1.99. The Bertz CT molecular complexity index is 326. The maximum absolute atomic E-state index is 10.5. The number of carbonyl (C=O) groups excluding carboxylic acids is 1. The summed E-state index contributed by atoms with van der Waals surface area (Å²) in [7, 11) is 1.76. The Kier molecular flexibility index (Phi) is 5.71. The summed E-state index contributed by atoms with van der Waals surface area (Å²) < 4.78 is 0. The lowest BCUT2D eigenvalue weighted by atomic mass is 9.87. The Labute approximate surface area is 96.4 Å². The van der Waals surface area contributed by atoms with Gasteiger partial charge in [0.05, 0.1) is 5.97 Å². The van der Waals surface area contributed by atoms with E-state index in [0.29, 0.717) is 0 Å². The minimum absolute atomic E-state index is 0.0600. The second-order valence-corrected chi connectivity index (χ2v) is 4.47. The average molecular weight is 224 g/mol. The van der Waals surface area contributed by atoms with Crippen LogP contribution < -0.4 is 16.4 Å². The maximum atomic E-state index is 10.5. The Hall–Kier alpha value is -1.39. The second kappa shape index (κ2) is 6.25. The van der Waals surface area contributed by atoms with Gasteiger partial charge in [-0.2, -0.15) is 5.43 Å². The molecular formula is C12H20N2O2. The highest BCUT2D eigenvalue weighted by molar-refractivity contribution is 5.85. The van der Waals surface area contributed by atoms with E-state index < -0.39 is 5.97 Å². The highest BCUT2D eigenvalue weighted by Gasteiger charge is 2.12. The first-order valence-electron chi connectivity index (χ1n) is 5.08. The number of quaternary nitrogens is 1. The first kappa shape index (κ1) is 14.6. The fraction of sp³-hybridized carbons (Fsp3) is 0.417. The molecule has 4 heteroatoms. The zero-order chi connectivity index (χ0) is 12.8. The van der Waals surface area contributed by atoms with Crippen molar-refractivity contribution in [2.45, 2.75) is 26.2 Å². The van der Waals surface area contributed by atoms with E-state index in [2.05, 4.69) is 32.0 Å². The van der Waals surface area contributed by atoms with Gasteiger partial charge in [-0.25, -0.2) is 0 Å². The molecule has 0 saturated heterocycles. The number of rotatable bonds is 1. The van der Waals surface area contributed by atoms with Gasteiger partial charge < -0.3 is 9.90 Å². The van der Waals surface area contributed by atoms with Gasteiger partial charge in [-0.3, -0.25) is 5.84 Å². The van der Waals surface area contributed by atoms with Gasteiger partial charge in [-0.05, 0) is 16.5 Å². The van der Waals surface area contributed by atoms with E-state index in [-0.39, 0.29) is 11.0 Å². The van der Waals surface area contributed by atoms with Crippen molar-refractivity contribution in [2.24, 2.45) is 0 Å². The Balaban J connectivity index is 0.000000673. The van der Waals surface area contributed by atoms with Crippen LogP contribution in [0.4, 0.5) is 0 Å². The molecule has 0 bridgehead atoms. The molecular weight excluding hydrogens is 204 g/mol. The number of carbonyl (C=O) groups is 1. The first-order valence-corrected chi connectivity index (χ1v) is 5.08. The van der Waals surface area contributed by atoms with Crippen LogP contribution in [0.25, 0.3) is 0 Å². The van der Waals surface area contributed by atoms with Crippen molar-refractivity contribution in [3.05, 3.63) is 35.4 Å². The van der Waals surface area contributed by atoms with Crippen molar-refractivity contribution in [3.8, 4) is 0 Å². The molecule has 16 heavy (non-hydrogen) atoms. The van der Waals surface area contributed by atoms with Crippen LogP contribution in [0.15, 0.2) is 24.3 Å². The van der Waals surface area contributed by atoms with Gasteiger partial charge in [0.2, 0.25) is 0 Å². The maximum Gasteiger partial charge on any atom is 0.0715 e. The molecule has 0 aliphatic carbocycles. The fourth-order valence-corrected chi connectivity index (χ4v) is 1.11. The van der Waals surface area contributed by atoms with Crippen LogP contribution >= 0.6 is 0 Å². The summed E-state index contributed by atoms with van der Waals surface area (Å²) in [5, 5.41) is 10.5. The predicted octanol–water partition coefficient (Wildman–Crippen LogP) is -0.290. The number of carboxylic acid groups (broad SMARTS) is 1. The summed E-state index contributed by atoms with van der Waals surface area (Å²) in [5.41, 5.74) is 3.91. The normalized spacial score (nSPS) is 10.3. The molecule has 0 aliphatic heterocycles. The highest BCUT2D eigenvalue weighted by Crippen LogP contribution is 2.21. The zero-order valence-corrected chi connectivity index (χ0v) is 10.3. The molecule has 1 aromatic carbocycles. The monoisotopic (exact) mass is 224 g/mol. The molecule has 0 heterocycles. The molecule has 4 N–H and O–H groups in total. The van der Waals surface area contributed by atoms with E-state index in [1.165, 1.54) is 0 Å². The van der Waals surface area contributed by atoms with Gasteiger partial charge in [-0.1, -0.05) is 45.0 Å². The van der Waals surface area contributed by atoms with Gasteiger partial charge >= 0.3 is 0 Å². The summed E-state index contributed by atoms with van der Waals surface area (Å²) in [4.78, 5) is 10.5. The molecule has 0 spiro atoms. The Morgan fingerprint density at radius 1 is 1.25 bits per heavy atom. The minimum atomic E-state index is -1.12. The number of nitrogens with one attached hydrogen (secondary N) is 1. The molecule has 0 amide bonds. The number of aromatic carboxylic acids is 1. The zero-order valence-electron chi connectivity index (χ0n) is 10.3. The molecule has 4 nitrogen and oxygen atoms in total. The average Bonchev–Trinajstić information content (AvgIpc) is 2.18. The Morgan fingerprint density at radius 2 is 1.62 bits per heavy atom. The molecule has 1 rings (SSSR count). The van der Waals surface area contributed by atoms with Crippen LogP contribution in [0.3, 0.4) is 0 Å². The van der Waals surface area contributed by atoms with Crippen LogP contribution in [-0.2, 0) is 5.41 Å². The molecule has 0 saturated carbocycles. The summed E-state index contributed by atoms with van der Waals surface area (Å²) >= 11 is 0. The smallest absolute Gasteiger partial charge is 0.0715 e. The molecule has 1 aromatic rings. The number of hydrogen-bond acceptors (Lipinski definition) is 3. The van der Waals surface area contributed by atoms with Crippen molar-refractivity contribution >= 4 is 5.97 Å². The van der Waals surface area contributed by atoms with Crippen LogP contribution in [0.5, 0.6) is 0 Å². The van der Waals surface area contributed by atoms with Crippen molar-refractivity contribution in [1.82, 2.24) is 5.43 Å². The highest BCUT2D eigenvalue weighted by atomic mass is 16.4. The van der Waals surface area contributed by atoms with Crippen LogP contribution in [0, 0.1) is 0 Å². The largest absolute Gasteiger partial charge is 0.545 e. The predicted molar refractivity (Wildman–Crippen MR) is 61.4 cm³/mol. The van der Waals surface area contributed by atoms with Gasteiger partial charge in [-0.15, -0.1) is 0 Å². The first-order chi connectivity index (χ1) is 7.32. The van der Waals surface area contributed by atoms with Crippen molar-refractivity contribution in [3.63, 3.8) is 0 Å². The van der Waals surface area contributed by atoms with Gasteiger partial charge in [0.25, 0.3) is 0 Å². The van der Waals surface area contributed by atoms with Crippen LogP contribution in [0.2, 0.25) is 0 Å². The van der Waals surface area contributed by atoms with E-state index in [1.54, 1.807) is 19.2 Å². The summed E-state index contributed by atoms with van der Waals surface area (Å²) in [6.07, 6.45) is 0. The lowest BCUT2D eigenvalue weighted by Crippen LogP contribution is -2.62. The molecule has 0 fully saturated rings. The second-order valence-electron chi connectivity index (χ2n) is 4.47. The lowest BCUT2D eigenvalue weighted by Gasteiger charge is -2.19. The molecule has 0 atom stereocenters. The van der Waals surface area contributed by atoms with E-state index in [0.717, 1.165) is 5.56 Å². The Morgan fingerprint density at radius 3 is 1.88 bits per heavy atom. The summed E-state index contributed by atoms with van der Waals surface area (Å²) in [6.45, 7) is 6.25. The van der Waals surface area contributed by atoms with Crippen molar-refractivity contribution in [1.29, 1.82) is 0 Å². The minimum Gasteiger partial charge on any atom is -0.545 e. The third kappa shape index (κ3) is 4.91. The number of hydrogen-bond donors (Lipinski definition) is 2. The third-order valence-electron chi connectivity index (χ3n) is 1.99. The van der Waals surface area contributed by atoms with Crippen molar-refractivity contribution in [2.75, 3.05) is 7.05 Å². The summed E-state index contributed by atoms with van der Waals surface area (Å²) in [5.74, 6) is 2.11. The number of benzene rings is 1. The van der Waals surface area contributed by atoms with Gasteiger partial charge in [0, 0.05) is 7.05 Å². The SMILES string of the molecule is CC(C)(C)c1ccc(C(=O)[O-])cc1.CN[NH3+]. The molecule has 0 radical (unpaired) electrons. The molecule has 0 aromatic heterocycles. The van der Waals surface area contributed by atoms with E-state index >= 15 is 0 Å². The topological polar surface area (TPSA) is 79.8 Å². The van der Waals surface area contributed by atoms with Crippen LogP contribution in [0.1, 0.15) is 36.7 Å². The van der Waals surface area contributed by atoms with Crippen molar-refractivity contribution < 1.29 is 15.7 Å². The molecule has 90 valence electrons. The van der Waals surface area contributed by atoms with E-state index in [1.807, 2.05) is 12.1 Å². The van der Waals surface area contributed by atoms with Crippen LogP contribution in [-0.4, -0.2) is 13.0 Å². The molecule has 0 aliphatic rings.